The SMILES string of the molecule is O=C1N(C2CCC(O)CC2)CCC12CCN(c1cnccn1)CC2. The number of carbonyl (C=O) groups excluding carboxylic acids is 1. The molecule has 4 rings (SSSR count). The first-order valence-corrected chi connectivity index (χ1v) is 9.18. The number of aromatic nitrogens is 2. The molecule has 1 aliphatic carbocycles. The summed E-state index contributed by atoms with van der Waals surface area (Å²) in [5, 5.41) is 9.70. The highest BCUT2D eigenvalue weighted by Crippen LogP contribution is 2.44. The normalized spacial score (nSPS) is 30.1. The van der Waals surface area contributed by atoms with Crippen molar-refractivity contribution in [1.82, 2.24) is 14.9 Å². The van der Waals surface area contributed by atoms with E-state index in [-0.39, 0.29) is 11.5 Å². The van der Waals surface area contributed by atoms with Gasteiger partial charge in [-0.25, -0.2) is 4.98 Å². The van der Waals surface area contributed by atoms with Crippen LogP contribution in [0.3, 0.4) is 0 Å². The Balaban J connectivity index is 1.40. The smallest absolute Gasteiger partial charge is 0.229 e. The molecule has 0 radical (unpaired) electrons. The number of aliphatic hydroxyl groups excluding tert-OH is 1. The number of hydrogen-bond acceptors (Lipinski definition) is 5. The maximum atomic E-state index is 13.1. The molecule has 6 heteroatoms. The predicted octanol–water partition coefficient (Wildman–Crippen LogP) is 1.60. The summed E-state index contributed by atoms with van der Waals surface area (Å²) in [5.41, 5.74) is -0.158. The van der Waals surface area contributed by atoms with Gasteiger partial charge in [0.25, 0.3) is 0 Å². The summed E-state index contributed by atoms with van der Waals surface area (Å²) in [6, 6.07) is 0.346. The van der Waals surface area contributed by atoms with Gasteiger partial charge in [0.2, 0.25) is 5.91 Å². The van der Waals surface area contributed by atoms with Crippen LogP contribution in [0.5, 0.6) is 0 Å². The van der Waals surface area contributed by atoms with Gasteiger partial charge in [0, 0.05) is 38.1 Å². The van der Waals surface area contributed by atoms with Crippen LogP contribution in [0.4, 0.5) is 5.82 Å². The highest BCUT2D eigenvalue weighted by Gasteiger charge is 2.50. The summed E-state index contributed by atoms with van der Waals surface area (Å²) in [6.07, 6.45) is 11.4. The number of hydrogen-bond donors (Lipinski definition) is 1. The van der Waals surface area contributed by atoms with Gasteiger partial charge in [-0.2, -0.15) is 0 Å². The molecule has 1 saturated carbocycles. The molecule has 24 heavy (non-hydrogen) atoms. The average molecular weight is 330 g/mol. The van der Waals surface area contributed by atoms with Gasteiger partial charge in [-0.1, -0.05) is 0 Å². The van der Waals surface area contributed by atoms with Gasteiger partial charge in [-0.15, -0.1) is 0 Å². The lowest BCUT2D eigenvalue weighted by Crippen LogP contribution is -2.47. The van der Waals surface area contributed by atoms with Crippen molar-refractivity contribution < 1.29 is 9.90 Å². The zero-order valence-electron chi connectivity index (χ0n) is 14.1. The van der Waals surface area contributed by atoms with Crippen LogP contribution in [0.2, 0.25) is 0 Å². The molecule has 3 aliphatic rings. The molecular weight excluding hydrogens is 304 g/mol. The minimum atomic E-state index is -0.164. The lowest BCUT2D eigenvalue weighted by atomic mass is 9.77. The maximum absolute atomic E-state index is 13.1. The highest BCUT2D eigenvalue weighted by atomic mass is 16.3. The number of aliphatic hydroxyl groups is 1. The van der Waals surface area contributed by atoms with Crippen LogP contribution < -0.4 is 4.90 Å². The van der Waals surface area contributed by atoms with Crippen LogP contribution >= 0.6 is 0 Å². The van der Waals surface area contributed by atoms with Gasteiger partial charge in [0.1, 0.15) is 5.82 Å². The molecule has 0 atom stereocenters. The van der Waals surface area contributed by atoms with Crippen LogP contribution in [0.1, 0.15) is 44.9 Å². The second-order valence-corrected chi connectivity index (χ2v) is 7.54. The van der Waals surface area contributed by atoms with E-state index in [2.05, 4.69) is 19.8 Å². The van der Waals surface area contributed by atoms with Crippen LogP contribution in [-0.2, 0) is 4.79 Å². The first kappa shape index (κ1) is 15.8. The van der Waals surface area contributed by atoms with Gasteiger partial charge >= 0.3 is 0 Å². The van der Waals surface area contributed by atoms with Crippen LogP contribution in [0, 0.1) is 5.41 Å². The third-order valence-corrected chi connectivity index (χ3v) is 6.25. The van der Waals surface area contributed by atoms with E-state index < -0.39 is 0 Å². The van der Waals surface area contributed by atoms with Crippen molar-refractivity contribution in [1.29, 1.82) is 0 Å². The molecule has 3 heterocycles. The number of nitrogens with zero attached hydrogens (tertiary/aromatic N) is 4. The van der Waals surface area contributed by atoms with E-state index in [1.807, 2.05) is 0 Å². The van der Waals surface area contributed by atoms with Crippen molar-refractivity contribution in [3.05, 3.63) is 18.6 Å². The topological polar surface area (TPSA) is 69.6 Å². The molecule has 1 amide bonds. The number of carbonyl (C=O) groups is 1. The third-order valence-electron chi connectivity index (χ3n) is 6.25. The number of likely N-dealkylation sites (tertiary alicyclic amines) is 1. The number of anilines is 1. The molecular formula is C18H26N4O2. The minimum absolute atomic E-state index is 0.158. The van der Waals surface area contributed by atoms with E-state index in [0.29, 0.717) is 11.9 Å². The molecule has 6 nitrogen and oxygen atoms in total. The summed E-state index contributed by atoms with van der Waals surface area (Å²) in [5.74, 6) is 1.28. The average Bonchev–Trinajstić information content (AvgIpc) is 2.94. The fourth-order valence-electron chi connectivity index (χ4n) is 4.65. The molecule has 2 aliphatic heterocycles. The second-order valence-electron chi connectivity index (χ2n) is 7.54. The minimum Gasteiger partial charge on any atom is -0.393 e. The Morgan fingerprint density at radius 2 is 1.75 bits per heavy atom. The molecule has 130 valence electrons. The highest BCUT2D eigenvalue weighted by molar-refractivity contribution is 5.85. The molecule has 3 fully saturated rings. The Morgan fingerprint density at radius 1 is 1.04 bits per heavy atom. The maximum Gasteiger partial charge on any atom is 0.229 e. The third kappa shape index (κ3) is 2.77. The molecule has 2 saturated heterocycles. The Bertz CT molecular complexity index is 578. The number of piperidine rings is 1. The van der Waals surface area contributed by atoms with Gasteiger partial charge in [0.05, 0.1) is 17.7 Å². The van der Waals surface area contributed by atoms with Gasteiger partial charge in [0.15, 0.2) is 0 Å². The van der Waals surface area contributed by atoms with E-state index >= 15 is 0 Å². The number of amides is 1. The molecule has 0 bridgehead atoms. The lowest BCUT2D eigenvalue weighted by Gasteiger charge is -2.39. The molecule has 1 N–H and O–H groups in total. The van der Waals surface area contributed by atoms with Crippen molar-refractivity contribution in [2.24, 2.45) is 5.41 Å². The summed E-state index contributed by atoms with van der Waals surface area (Å²) in [4.78, 5) is 26.0. The fourth-order valence-corrected chi connectivity index (χ4v) is 4.65. The Morgan fingerprint density at radius 3 is 2.42 bits per heavy atom. The van der Waals surface area contributed by atoms with E-state index in [1.54, 1.807) is 18.6 Å². The van der Waals surface area contributed by atoms with E-state index in [9.17, 15) is 9.90 Å². The molecule has 0 aromatic carbocycles. The molecule has 1 spiro atoms. The zero-order valence-corrected chi connectivity index (χ0v) is 14.1. The zero-order chi connectivity index (χ0) is 16.6. The van der Waals surface area contributed by atoms with Gasteiger partial charge < -0.3 is 14.9 Å². The van der Waals surface area contributed by atoms with Crippen molar-refractivity contribution in [3.63, 3.8) is 0 Å². The largest absolute Gasteiger partial charge is 0.393 e. The molecule has 1 aromatic rings. The van der Waals surface area contributed by atoms with Crippen LogP contribution in [-0.4, -0.2) is 57.7 Å². The summed E-state index contributed by atoms with van der Waals surface area (Å²) in [7, 11) is 0. The van der Waals surface area contributed by atoms with E-state index in [4.69, 9.17) is 0 Å². The van der Waals surface area contributed by atoms with Gasteiger partial charge in [-0.3, -0.25) is 9.78 Å². The predicted molar refractivity (Wildman–Crippen MR) is 90.5 cm³/mol. The fraction of sp³-hybridized carbons (Fsp3) is 0.722. The van der Waals surface area contributed by atoms with Crippen molar-refractivity contribution in [3.8, 4) is 0 Å². The summed E-state index contributed by atoms with van der Waals surface area (Å²) < 4.78 is 0. The monoisotopic (exact) mass is 330 g/mol. The lowest BCUT2D eigenvalue weighted by molar-refractivity contribution is -0.139. The summed E-state index contributed by atoms with van der Waals surface area (Å²) >= 11 is 0. The first-order valence-electron chi connectivity index (χ1n) is 9.18. The van der Waals surface area contributed by atoms with Crippen molar-refractivity contribution in [2.45, 2.75) is 57.1 Å². The van der Waals surface area contributed by atoms with E-state index in [0.717, 1.165) is 70.4 Å². The van der Waals surface area contributed by atoms with Crippen molar-refractivity contribution in [2.75, 3.05) is 24.5 Å². The van der Waals surface area contributed by atoms with Crippen LogP contribution in [0.25, 0.3) is 0 Å². The summed E-state index contributed by atoms with van der Waals surface area (Å²) in [6.45, 7) is 2.65. The quantitative estimate of drug-likeness (QED) is 0.892. The van der Waals surface area contributed by atoms with Crippen molar-refractivity contribution >= 4 is 11.7 Å². The standard InChI is InChI=1S/C18H26N4O2/c23-15-3-1-14(2-4-15)22-12-7-18(17(22)24)5-10-21(11-6-18)16-13-19-8-9-20-16/h8-9,13-15,23H,1-7,10-12H2. The molecule has 1 aromatic heterocycles. The van der Waals surface area contributed by atoms with E-state index in [1.165, 1.54) is 0 Å². The van der Waals surface area contributed by atoms with Crippen LogP contribution in [0.15, 0.2) is 18.6 Å². The Kier molecular flexibility index (Phi) is 4.16. The Hall–Kier alpha value is -1.69. The van der Waals surface area contributed by atoms with Gasteiger partial charge in [-0.05, 0) is 44.9 Å². The number of rotatable bonds is 2. The second kappa shape index (κ2) is 6.31. The Labute approximate surface area is 142 Å². The molecule has 0 unspecified atom stereocenters. The first-order chi connectivity index (χ1) is 11.7.